The molecule has 3 rings (SSSR count). The number of fused-ring (bicyclic) bond motifs is 1. The first kappa shape index (κ1) is 18.3. The minimum atomic E-state index is -1.08. The average molecular weight is 370 g/mol. The fraction of sp³-hybridized carbons (Fsp3) is 0.200. The number of ether oxygens (including phenoxy) is 3. The van der Waals surface area contributed by atoms with E-state index in [1.165, 1.54) is 26.4 Å². The van der Waals surface area contributed by atoms with Gasteiger partial charge in [0.05, 0.1) is 20.1 Å². The molecule has 1 heterocycles. The van der Waals surface area contributed by atoms with E-state index in [-0.39, 0.29) is 11.5 Å². The molecule has 0 unspecified atom stereocenters. The minimum Gasteiger partial charge on any atom is -0.504 e. The van der Waals surface area contributed by atoms with Gasteiger partial charge in [0.1, 0.15) is 12.4 Å². The molecule has 2 atom stereocenters. The van der Waals surface area contributed by atoms with E-state index < -0.39 is 18.0 Å². The summed E-state index contributed by atoms with van der Waals surface area (Å²) in [6, 6.07) is 8.08. The van der Waals surface area contributed by atoms with Gasteiger partial charge in [-0.25, -0.2) is 4.79 Å². The third kappa shape index (κ3) is 3.44. The first-order chi connectivity index (χ1) is 13.0. The summed E-state index contributed by atoms with van der Waals surface area (Å²) in [7, 11) is 2.90. The van der Waals surface area contributed by atoms with Crippen LogP contribution in [0.1, 0.15) is 28.7 Å². The molecule has 0 saturated heterocycles. The first-order valence-corrected chi connectivity index (χ1v) is 8.10. The van der Waals surface area contributed by atoms with Gasteiger partial charge in [0.25, 0.3) is 0 Å². The lowest BCUT2D eigenvalue weighted by molar-refractivity contribution is -0.131. The van der Waals surface area contributed by atoms with Crippen molar-refractivity contribution in [1.29, 1.82) is 0 Å². The number of hydrogen-bond donors (Lipinski definition) is 2. The third-order valence-electron chi connectivity index (χ3n) is 4.35. The van der Waals surface area contributed by atoms with Crippen LogP contribution in [0.2, 0.25) is 0 Å². The van der Waals surface area contributed by atoms with E-state index in [1.54, 1.807) is 24.3 Å². The highest BCUT2D eigenvalue weighted by Crippen LogP contribution is 2.50. The monoisotopic (exact) mass is 370 g/mol. The van der Waals surface area contributed by atoms with Crippen molar-refractivity contribution >= 4 is 18.3 Å². The van der Waals surface area contributed by atoms with Crippen LogP contribution in [-0.4, -0.2) is 36.7 Å². The van der Waals surface area contributed by atoms with Crippen LogP contribution >= 0.6 is 0 Å². The number of aliphatic carboxylic acids is 1. The van der Waals surface area contributed by atoms with Crippen molar-refractivity contribution in [3.63, 3.8) is 0 Å². The zero-order valence-corrected chi connectivity index (χ0v) is 14.7. The molecule has 2 aromatic carbocycles. The standard InChI is InChI=1S/C20H18O7/c1-25-16-9-12(4-5-15(16)22)19-14(10-21)13-7-11(3-6-18(23)24)8-17(26-2)20(13)27-19/h3-10,14,19,22H,1-2H3,(H,23,24)/b6-3+/t14-,19+/m1/s1. The Kier molecular flexibility index (Phi) is 5.03. The van der Waals surface area contributed by atoms with Crippen molar-refractivity contribution in [2.75, 3.05) is 14.2 Å². The topological polar surface area (TPSA) is 102 Å². The maximum atomic E-state index is 11.8. The summed E-state index contributed by atoms with van der Waals surface area (Å²) in [6.45, 7) is 0. The molecule has 0 amide bonds. The second-order valence-electron chi connectivity index (χ2n) is 5.94. The molecule has 0 radical (unpaired) electrons. The molecule has 0 aromatic heterocycles. The van der Waals surface area contributed by atoms with E-state index in [4.69, 9.17) is 19.3 Å². The maximum absolute atomic E-state index is 11.8. The van der Waals surface area contributed by atoms with Crippen LogP contribution in [0, 0.1) is 0 Å². The Bertz CT molecular complexity index is 917. The number of carboxylic acid groups (broad SMARTS) is 1. The molecule has 1 aliphatic heterocycles. The summed E-state index contributed by atoms with van der Waals surface area (Å²) in [5, 5.41) is 18.6. The van der Waals surface area contributed by atoms with Crippen LogP contribution in [0.25, 0.3) is 6.08 Å². The number of carbonyl (C=O) groups excluding carboxylic acids is 1. The molecule has 140 valence electrons. The molecule has 0 saturated carbocycles. The molecule has 0 fully saturated rings. The quantitative estimate of drug-likeness (QED) is 0.595. The Hall–Kier alpha value is -3.48. The predicted octanol–water partition coefficient (Wildman–Crippen LogP) is 2.92. The number of carboxylic acids is 1. The van der Waals surface area contributed by atoms with Gasteiger partial charge in [-0.2, -0.15) is 0 Å². The fourth-order valence-electron chi connectivity index (χ4n) is 3.09. The smallest absolute Gasteiger partial charge is 0.328 e. The van der Waals surface area contributed by atoms with Gasteiger partial charge < -0.3 is 29.2 Å². The molecule has 7 nitrogen and oxygen atoms in total. The largest absolute Gasteiger partial charge is 0.504 e. The van der Waals surface area contributed by atoms with Crippen molar-refractivity contribution < 1.29 is 34.0 Å². The zero-order chi connectivity index (χ0) is 19.6. The number of methoxy groups -OCH3 is 2. The molecular weight excluding hydrogens is 352 g/mol. The van der Waals surface area contributed by atoms with E-state index in [2.05, 4.69) is 0 Å². The number of phenols is 1. The Labute approximate surface area is 155 Å². The summed E-state index contributed by atoms with van der Waals surface area (Å²) in [5.41, 5.74) is 1.83. The fourth-order valence-corrected chi connectivity index (χ4v) is 3.09. The summed E-state index contributed by atoms with van der Waals surface area (Å²) >= 11 is 0. The second-order valence-corrected chi connectivity index (χ2v) is 5.94. The normalized spacial score (nSPS) is 18.0. The Morgan fingerprint density at radius 2 is 1.89 bits per heavy atom. The molecule has 1 aliphatic rings. The average Bonchev–Trinajstić information content (AvgIpc) is 3.04. The Morgan fingerprint density at radius 1 is 1.15 bits per heavy atom. The number of aromatic hydroxyl groups is 1. The van der Waals surface area contributed by atoms with Gasteiger partial charge >= 0.3 is 5.97 Å². The van der Waals surface area contributed by atoms with Gasteiger partial charge in [0.2, 0.25) is 0 Å². The molecule has 2 aromatic rings. The molecule has 0 spiro atoms. The number of phenolic OH excluding ortho intramolecular Hbond substituents is 1. The highest BCUT2D eigenvalue weighted by Gasteiger charge is 2.38. The Balaban J connectivity index is 2.06. The van der Waals surface area contributed by atoms with Crippen molar-refractivity contribution in [2.24, 2.45) is 0 Å². The van der Waals surface area contributed by atoms with Crippen LogP contribution in [0.3, 0.4) is 0 Å². The van der Waals surface area contributed by atoms with Crippen molar-refractivity contribution in [3.05, 3.63) is 53.1 Å². The van der Waals surface area contributed by atoms with Crippen LogP contribution < -0.4 is 14.2 Å². The summed E-state index contributed by atoms with van der Waals surface area (Å²) in [6.07, 6.45) is 2.58. The molecule has 7 heteroatoms. The van der Waals surface area contributed by atoms with Crippen LogP contribution in [0.4, 0.5) is 0 Å². The van der Waals surface area contributed by atoms with Crippen LogP contribution in [0.15, 0.2) is 36.4 Å². The second kappa shape index (κ2) is 7.41. The molecule has 2 N–H and O–H groups in total. The number of hydrogen-bond acceptors (Lipinski definition) is 6. The highest BCUT2D eigenvalue weighted by atomic mass is 16.5. The Morgan fingerprint density at radius 3 is 2.52 bits per heavy atom. The van der Waals surface area contributed by atoms with Crippen molar-refractivity contribution in [2.45, 2.75) is 12.0 Å². The zero-order valence-electron chi connectivity index (χ0n) is 14.7. The van der Waals surface area contributed by atoms with Gasteiger partial charge in [-0.05, 0) is 41.5 Å². The van der Waals surface area contributed by atoms with E-state index in [0.717, 1.165) is 12.4 Å². The maximum Gasteiger partial charge on any atom is 0.328 e. The molecule has 0 aliphatic carbocycles. The lowest BCUT2D eigenvalue weighted by Crippen LogP contribution is -2.11. The van der Waals surface area contributed by atoms with Gasteiger partial charge in [-0.3, -0.25) is 0 Å². The summed E-state index contributed by atoms with van der Waals surface area (Å²) in [5.74, 6) is -0.614. The van der Waals surface area contributed by atoms with Crippen molar-refractivity contribution in [1.82, 2.24) is 0 Å². The van der Waals surface area contributed by atoms with Crippen LogP contribution in [-0.2, 0) is 9.59 Å². The van der Waals surface area contributed by atoms with Crippen molar-refractivity contribution in [3.8, 4) is 23.0 Å². The van der Waals surface area contributed by atoms with Crippen LogP contribution in [0.5, 0.6) is 23.0 Å². The first-order valence-electron chi connectivity index (χ1n) is 8.10. The SMILES string of the molecule is COc1cc([C@@H]2Oc3c(OC)cc(/C=C/C(=O)O)cc3[C@H]2C=O)ccc1O. The number of rotatable bonds is 6. The lowest BCUT2D eigenvalue weighted by atomic mass is 9.91. The van der Waals surface area contributed by atoms with E-state index in [1.807, 2.05) is 0 Å². The summed E-state index contributed by atoms with van der Waals surface area (Å²) in [4.78, 5) is 22.6. The molecular formula is C20H18O7. The minimum absolute atomic E-state index is 0.0157. The number of carbonyl (C=O) groups is 2. The number of benzene rings is 2. The highest BCUT2D eigenvalue weighted by molar-refractivity contribution is 5.86. The van der Waals surface area contributed by atoms with E-state index >= 15 is 0 Å². The van der Waals surface area contributed by atoms with Gasteiger partial charge in [-0.15, -0.1) is 0 Å². The number of aldehydes is 1. The van der Waals surface area contributed by atoms with E-state index in [9.17, 15) is 14.7 Å². The summed E-state index contributed by atoms with van der Waals surface area (Å²) < 4.78 is 16.5. The third-order valence-corrected chi connectivity index (χ3v) is 4.35. The molecule has 0 bridgehead atoms. The van der Waals surface area contributed by atoms with Gasteiger partial charge in [0.15, 0.2) is 23.0 Å². The predicted molar refractivity (Wildman–Crippen MR) is 96.5 cm³/mol. The molecule has 27 heavy (non-hydrogen) atoms. The van der Waals surface area contributed by atoms with Gasteiger partial charge in [-0.1, -0.05) is 6.07 Å². The lowest BCUT2D eigenvalue weighted by Gasteiger charge is -2.16. The van der Waals surface area contributed by atoms with Gasteiger partial charge in [0, 0.05) is 11.6 Å². The van der Waals surface area contributed by atoms with E-state index in [0.29, 0.717) is 28.2 Å².